The van der Waals surface area contributed by atoms with Crippen molar-refractivity contribution >= 4 is 17.6 Å². The predicted octanol–water partition coefficient (Wildman–Crippen LogP) is 3.02. The van der Waals surface area contributed by atoms with Crippen LogP contribution in [0.1, 0.15) is 46.9 Å². The molecule has 1 atom stereocenters. The number of ether oxygens (including phenoxy) is 2. The smallest absolute Gasteiger partial charge is 0.252 e. The van der Waals surface area contributed by atoms with Crippen LogP contribution in [0.25, 0.3) is 0 Å². The van der Waals surface area contributed by atoms with Crippen LogP contribution in [0.2, 0.25) is 0 Å². The Bertz CT molecular complexity index is 1060. The maximum Gasteiger partial charge on any atom is 0.252 e. The SMILES string of the molecule is COc1cccc(C(=O)N[C@H](C)C(=O)N2CCN(CCCOc3ccc(C(=O)C4CC4)cc3)CC2)c1. The van der Waals surface area contributed by atoms with Gasteiger partial charge in [0.2, 0.25) is 5.91 Å². The number of nitrogens with zero attached hydrogens (tertiary/aromatic N) is 2. The Labute approximate surface area is 212 Å². The van der Waals surface area contributed by atoms with Crippen LogP contribution in [0.5, 0.6) is 11.5 Å². The molecule has 1 N–H and O–H groups in total. The Morgan fingerprint density at radius 2 is 1.69 bits per heavy atom. The first kappa shape index (κ1) is 25.7. The van der Waals surface area contributed by atoms with Gasteiger partial charge in [0.1, 0.15) is 17.5 Å². The van der Waals surface area contributed by atoms with Crippen LogP contribution in [-0.4, -0.2) is 79.9 Å². The summed E-state index contributed by atoms with van der Waals surface area (Å²) in [5.41, 5.74) is 1.23. The predicted molar refractivity (Wildman–Crippen MR) is 137 cm³/mol. The molecule has 0 spiro atoms. The molecule has 1 saturated heterocycles. The molecule has 0 unspecified atom stereocenters. The quantitative estimate of drug-likeness (QED) is 0.383. The van der Waals surface area contributed by atoms with E-state index in [0.717, 1.165) is 50.2 Å². The molecule has 2 aromatic rings. The van der Waals surface area contributed by atoms with E-state index in [2.05, 4.69) is 10.2 Å². The average Bonchev–Trinajstić information content (AvgIpc) is 3.77. The van der Waals surface area contributed by atoms with Gasteiger partial charge in [0.15, 0.2) is 5.78 Å². The van der Waals surface area contributed by atoms with Crippen molar-refractivity contribution in [3.63, 3.8) is 0 Å². The van der Waals surface area contributed by atoms with Crippen molar-refractivity contribution in [2.75, 3.05) is 46.4 Å². The topological polar surface area (TPSA) is 88.2 Å². The first-order chi connectivity index (χ1) is 17.4. The lowest BCUT2D eigenvalue weighted by Crippen LogP contribution is -2.54. The van der Waals surface area contributed by atoms with Gasteiger partial charge in [-0.1, -0.05) is 6.07 Å². The highest BCUT2D eigenvalue weighted by atomic mass is 16.5. The second-order valence-corrected chi connectivity index (χ2v) is 9.46. The molecule has 2 aliphatic rings. The van der Waals surface area contributed by atoms with E-state index in [4.69, 9.17) is 9.47 Å². The van der Waals surface area contributed by atoms with Gasteiger partial charge in [-0.2, -0.15) is 0 Å². The van der Waals surface area contributed by atoms with E-state index < -0.39 is 6.04 Å². The van der Waals surface area contributed by atoms with Crippen LogP contribution in [0.15, 0.2) is 48.5 Å². The molecule has 8 nitrogen and oxygen atoms in total. The van der Waals surface area contributed by atoms with Crippen molar-refractivity contribution < 1.29 is 23.9 Å². The van der Waals surface area contributed by atoms with E-state index in [-0.39, 0.29) is 23.5 Å². The number of carbonyl (C=O) groups is 3. The lowest BCUT2D eigenvalue weighted by Gasteiger charge is -2.36. The molecule has 0 radical (unpaired) electrons. The zero-order valence-corrected chi connectivity index (χ0v) is 21.1. The average molecular weight is 494 g/mol. The Kier molecular flexibility index (Phi) is 8.59. The van der Waals surface area contributed by atoms with E-state index >= 15 is 0 Å². The van der Waals surface area contributed by atoms with E-state index in [1.807, 2.05) is 29.2 Å². The van der Waals surface area contributed by atoms with Crippen molar-refractivity contribution in [3.8, 4) is 11.5 Å². The molecule has 2 amide bonds. The van der Waals surface area contributed by atoms with Gasteiger partial charge in [-0.3, -0.25) is 19.3 Å². The monoisotopic (exact) mass is 493 g/mol. The minimum atomic E-state index is -0.602. The van der Waals surface area contributed by atoms with E-state index in [1.165, 1.54) is 0 Å². The Morgan fingerprint density at radius 3 is 2.36 bits per heavy atom. The van der Waals surface area contributed by atoms with Gasteiger partial charge < -0.3 is 19.7 Å². The maximum absolute atomic E-state index is 12.8. The number of rotatable bonds is 11. The standard InChI is InChI=1S/C28H35N3O5/c1-20(29-27(33)23-5-3-6-25(19-23)35-2)28(34)31-16-14-30(15-17-31)13-4-18-36-24-11-9-22(10-12-24)26(32)21-7-8-21/h3,5-6,9-12,19-21H,4,7-8,13-18H2,1-2H3,(H,29,33)/t20-/m1/s1. The summed E-state index contributed by atoms with van der Waals surface area (Å²) in [6, 6.07) is 13.7. The zero-order chi connectivity index (χ0) is 25.5. The number of ketones is 1. The van der Waals surface area contributed by atoms with Gasteiger partial charge in [-0.25, -0.2) is 0 Å². The summed E-state index contributed by atoms with van der Waals surface area (Å²) in [6.07, 6.45) is 2.91. The Morgan fingerprint density at radius 1 is 0.972 bits per heavy atom. The van der Waals surface area contributed by atoms with Crippen molar-refractivity contribution in [1.82, 2.24) is 15.1 Å². The van der Waals surface area contributed by atoms with Gasteiger partial charge in [0.25, 0.3) is 5.91 Å². The molecular formula is C28H35N3O5. The Balaban J connectivity index is 1.13. The minimum absolute atomic E-state index is 0.0714. The third kappa shape index (κ3) is 6.85. The fourth-order valence-electron chi connectivity index (χ4n) is 4.35. The van der Waals surface area contributed by atoms with Crippen LogP contribution >= 0.6 is 0 Å². The highest BCUT2D eigenvalue weighted by Crippen LogP contribution is 2.32. The summed E-state index contributed by atoms with van der Waals surface area (Å²) in [4.78, 5) is 41.6. The first-order valence-corrected chi connectivity index (χ1v) is 12.7. The molecule has 1 heterocycles. The molecule has 1 aliphatic carbocycles. The van der Waals surface area contributed by atoms with Gasteiger partial charge in [-0.15, -0.1) is 0 Å². The minimum Gasteiger partial charge on any atom is -0.497 e. The molecule has 36 heavy (non-hydrogen) atoms. The number of hydrogen-bond donors (Lipinski definition) is 1. The third-order valence-corrected chi connectivity index (χ3v) is 6.71. The second kappa shape index (κ2) is 12.0. The molecule has 1 aliphatic heterocycles. The van der Waals surface area contributed by atoms with Crippen molar-refractivity contribution in [1.29, 1.82) is 0 Å². The normalized spacial score (nSPS) is 16.8. The molecule has 192 valence electrons. The number of benzene rings is 2. The van der Waals surface area contributed by atoms with Gasteiger partial charge in [-0.05, 0) is 68.7 Å². The van der Waals surface area contributed by atoms with Crippen molar-refractivity contribution in [2.24, 2.45) is 5.92 Å². The highest BCUT2D eigenvalue weighted by molar-refractivity contribution is 5.99. The number of amides is 2. The fraction of sp³-hybridized carbons (Fsp3) is 0.464. The molecule has 2 fully saturated rings. The molecule has 0 aromatic heterocycles. The summed E-state index contributed by atoms with van der Waals surface area (Å²) in [5, 5.41) is 2.80. The summed E-state index contributed by atoms with van der Waals surface area (Å²) in [6.45, 7) is 6.06. The van der Waals surface area contributed by atoms with Gasteiger partial charge >= 0.3 is 0 Å². The number of piperazine rings is 1. The summed E-state index contributed by atoms with van der Waals surface area (Å²) < 4.78 is 11.0. The number of Topliss-reactive ketones (excluding diaryl/α,β-unsaturated/α-hetero) is 1. The summed E-state index contributed by atoms with van der Waals surface area (Å²) in [5.74, 6) is 1.49. The number of nitrogens with one attached hydrogen (secondary N) is 1. The highest BCUT2D eigenvalue weighted by Gasteiger charge is 2.30. The lowest BCUT2D eigenvalue weighted by atomic mass is 10.1. The maximum atomic E-state index is 12.8. The number of carbonyl (C=O) groups excluding carboxylic acids is 3. The molecule has 1 saturated carbocycles. The Hall–Kier alpha value is -3.39. The lowest BCUT2D eigenvalue weighted by molar-refractivity contribution is -0.134. The van der Waals surface area contributed by atoms with Crippen molar-refractivity contribution in [2.45, 2.75) is 32.2 Å². The molecule has 4 rings (SSSR count). The van der Waals surface area contributed by atoms with E-state index in [9.17, 15) is 14.4 Å². The van der Waals surface area contributed by atoms with Crippen LogP contribution in [-0.2, 0) is 4.79 Å². The fourth-order valence-corrected chi connectivity index (χ4v) is 4.35. The largest absolute Gasteiger partial charge is 0.497 e. The zero-order valence-electron chi connectivity index (χ0n) is 21.1. The molecular weight excluding hydrogens is 458 g/mol. The third-order valence-electron chi connectivity index (χ3n) is 6.71. The number of methoxy groups -OCH3 is 1. The van der Waals surface area contributed by atoms with Crippen LogP contribution in [0.4, 0.5) is 0 Å². The van der Waals surface area contributed by atoms with Crippen LogP contribution < -0.4 is 14.8 Å². The van der Waals surface area contributed by atoms with Crippen molar-refractivity contribution in [3.05, 3.63) is 59.7 Å². The van der Waals surface area contributed by atoms with E-state index in [0.29, 0.717) is 31.0 Å². The van der Waals surface area contributed by atoms with Crippen LogP contribution in [0, 0.1) is 5.92 Å². The van der Waals surface area contributed by atoms with E-state index in [1.54, 1.807) is 38.3 Å². The molecule has 8 heteroatoms. The van der Waals surface area contributed by atoms with Gasteiger partial charge in [0.05, 0.1) is 13.7 Å². The molecule has 2 aromatic carbocycles. The first-order valence-electron chi connectivity index (χ1n) is 12.7. The number of hydrogen-bond acceptors (Lipinski definition) is 6. The second-order valence-electron chi connectivity index (χ2n) is 9.46. The molecule has 0 bridgehead atoms. The van der Waals surface area contributed by atoms with Gasteiger partial charge in [0, 0.05) is 49.8 Å². The van der Waals surface area contributed by atoms with Crippen LogP contribution in [0.3, 0.4) is 0 Å². The summed E-state index contributed by atoms with van der Waals surface area (Å²) in [7, 11) is 1.55. The summed E-state index contributed by atoms with van der Waals surface area (Å²) >= 11 is 0.